The zero-order valence-electron chi connectivity index (χ0n) is 10.4. The largest absolute Gasteiger partial charge is 0.394 e. The molecule has 0 fully saturated rings. The summed E-state index contributed by atoms with van der Waals surface area (Å²) in [5, 5.41) is 11.6. The Morgan fingerprint density at radius 2 is 2.11 bits per heavy atom. The Morgan fingerprint density at radius 1 is 1.44 bits per heavy atom. The molecule has 0 unspecified atom stereocenters. The van der Waals surface area contributed by atoms with Crippen molar-refractivity contribution in [3.05, 3.63) is 29.8 Å². The Morgan fingerprint density at radius 3 is 2.61 bits per heavy atom. The van der Waals surface area contributed by atoms with Crippen molar-refractivity contribution in [1.29, 1.82) is 0 Å². The fraction of sp³-hybridized carbons (Fsp3) is 0.417. The van der Waals surface area contributed by atoms with Crippen LogP contribution in [-0.4, -0.2) is 38.3 Å². The number of benzene rings is 1. The van der Waals surface area contributed by atoms with E-state index in [-0.39, 0.29) is 29.0 Å². The van der Waals surface area contributed by atoms with E-state index in [4.69, 9.17) is 5.11 Å². The number of rotatable bonds is 5. The lowest BCUT2D eigenvalue weighted by Gasteiger charge is -2.14. The number of carbonyl (C=O) groups is 1. The summed E-state index contributed by atoms with van der Waals surface area (Å²) in [5.74, 6) is -0.388. The minimum Gasteiger partial charge on any atom is -0.394 e. The van der Waals surface area contributed by atoms with Crippen LogP contribution in [-0.2, 0) is 9.84 Å². The predicted octanol–water partition coefficient (Wildman–Crippen LogP) is 0.591. The number of hydrogen-bond acceptors (Lipinski definition) is 4. The molecule has 100 valence electrons. The summed E-state index contributed by atoms with van der Waals surface area (Å²) in [4.78, 5) is 11.9. The second-order valence-corrected chi connectivity index (χ2v) is 6.08. The van der Waals surface area contributed by atoms with E-state index in [1.165, 1.54) is 24.3 Å². The first-order valence-electron chi connectivity index (χ1n) is 5.60. The molecule has 2 N–H and O–H groups in total. The molecular formula is C12H17NO4S. The van der Waals surface area contributed by atoms with Crippen LogP contribution in [0.25, 0.3) is 0 Å². The van der Waals surface area contributed by atoms with Gasteiger partial charge in [0.1, 0.15) is 0 Å². The van der Waals surface area contributed by atoms with Crippen LogP contribution in [0.1, 0.15) is 23.7 Å². The zero-order chi connectivity index (χ0) is 13.8. The molecule has 0 bridgehead atoms. The third-order valence-electron chi connectivity index (χ3n) is 2.57. The lowest BCUT2D eigenvalue weighted by atomic mass is 10.2. The molecule has 0 saturated heterocycles. The molecule has 5 nitrogen and oxygen atoms in total. The van der Waals surface area contributed by atoms with Crippen LogP contribution in [0.3, 0.4) is 0 Å². The molecule has 0 radical (unpaired) electrons. The zero-order valence-corrected chi connectivity index (χ0v) is 11.2. The highest BCUT2D eigenvalue weighted by Gasteiger charge is 2.14. The molecule has 0 aliphatic heterocycles. The molecular weight excluding hydrogens is 254 g/mol. The van der Waals surface area contributed by atoms with Crippen molar-refractivity contribution in [1.82, 2.24) is 5.32 Å². The van der Waals surface area contributed by atoms with E-state index < -0.39 is 9.84 Å². The topological polar surface area (TPSA) is 83.5 Å². The maximum atomic E-state index is 11.8. The molecule has 0 aliphatic rings. The lowest BCUT2D eigenvalue weighted by Crippen LogP contribution is -2.36. The third-order valence-corrected chi connectivity index (χ3v) is 3.68. The van der Waals surface area contributed by atoms with Crippen molar-refractivity contribution >= 4 is 15.7 Å². The highest BCUT2D eigenvalue weighted by molar-refractivity contribution is 7.90. The van der Waals surface area contributed by atoms with Gasteiger partial charge >= 0.3 is 0 Å². The second-order valence-electron chi connectivity index (χ2n) is 4.06. The molecule has 1 amide bonds. The Balaban J connectivity index is 2.94. The third kappa shape index (κ3) is 3.82. The summed E-state index contributed by atoms with van der Waals surface area (Å²) < 4.78 is 22.7. The molecule has 1 rings (SSSR count). The van der Waals surface area contributed by atoms with Crippen molar-refractivity contribution in [2.24, 2.45) is 0 Å². The van der Waals surface area contributed by atoms with Gasteiger partial charge in [-0.05, 0) is 24.6 Å². The van der Waals surface area contributed by atoms with Crippen molar-refractivity contribution in [3.8, 4) is 0 Å². The van der Waals surface area contributed by atoms with E-state index in [9.17, 15) is 13.2 Å². The monoisotopic (exact) mass is 271 g/mol. The number of aliphatic hydroxyl groups excluding tert-OH is 1. The van der Waals surface area contributed by atoms with Gasteiger partial charge in [0.25, 0.3) is 5.91 Å². The SMILES string of the molecule is CC[C@@H](CO)NC(=O)c1cccc(S(C)(=O)=O)c1. The second kappa shape index (κ2) is 5.97. The van der Waals surface area contributed by atoms with Gasteiger partial charge in [-0.3, -0.25) is 4.79 Å². The summed E-state index contributed by atoms with van der Waals surface area (Å²) in [5.41, 5.74) is 0.268. The van der Waals surface area contributed by atoms with Gasteiger partial charge in [0.15, 0.2) is 9.84 Å². The Kier molecular flexibility index (Phi) is 4.86. The smallest absolute Gasteiger partial charge is 0.251 e. The van der Waals surface area contributed by atoms with Crippen LogP contribution in [0.5, 0.6) is 0 Å². The van der Waals surface area contributed by atoms with E-state index in [0.717, 1.165) is 6.26 Å². The maximum absolute atomic E-state index is 11.8. The van der Waals surface area contributed by atoms with Crippen LogP contribution in [0, 0.1) is 0 Å². The van der Waals surface area contributed by atoms with Crippen molar-refractivity contribution in [2.75, 3.05) is 12.9 Å². The first-order chi connectivity index (χ1) is 8.38. The molecule has 0 heterocycles. The van der Waals surface area contributed by atoms with Crippen LogP contribution in [0.2, 0.25) is 0 Å². The summed E-state index contributed by atoms with van der Waals surface area (Å²) in [7, 11) is -3.33. The molecule has 0 aliphatic carbocycles. The van der Waals surface area contributed by atoms with Crippen molar-refractivity contribution in [2.45, 2.75) is 24.3 Å². The minimum atomic E-state index is -3.33. The summed E-state index contributed by atoms with van der Waals surface area (Å²) in [6.07, 6.45) is 1.70. The van der Waals surface area contributed by atoms with E-state index in [0.29, 0.717) is 6.42 Å². The fourth-order valence-electron chi connectivity index (χ4n) is 1.41. The van der Waals surface area contributed by atoms with Crippen molar-refractivity contribution in [3.63, 3.8) is 0 Å². The molecule has 0 spiro atoms. The van der Waals surface area contributed by atoms with Crippen LogP contribution >= 0.6 is 0 Å². The molecule has 6 heteroatoms. The highest BCUT2D eigenvalue weighted by atomic mass is 32.2. The Hall–Kier alpha value is -1.40. The van der Waals surface area contributed by atoms with E-state index in [2.05, 4.69) is 5.32 Å². The van der Waals surface area contributed by atoms with Gasteiger partial charge in [-0.25, -0.2) is 8.42 Å². The van der Waals surface area contributed by atoms with Gasteiger partial charge in [-0.15, -0.1) is 0 Å². The van der Waals surface area contributed by atoms with E-state index in [1.54, 1.807) is 0 Å². The summed E-state index contributed by atoms with van der Waals surface area (Å²) in [6.45, 7) is 1.70. The molecule has 0 saturated carbocycles. The number of amides is 1. The Bertz CT molecular complexity index is 521. The van der Waals surface area contributed by atoms with Gasteiger partial charge in [0, 0.05) is 11.8 Å². The number of hydrogen-bond donors (Lipinski definition) is 2. The fourth-order valence-corrected chi connectivity index (χ4v) is 2.08. The Labute approximate surface area is 107 Å². The molecule has 1 aromatic rings. The van der Waals surface area contributed by atoms with Gasteiger partial charge in [0.2, 0.25) is 0 Å². The van der Waals surface area contributed by atoms with Crippen LogP contribution in [0.4, 0.5) is 0 Å². The molecule has 1 atom stereocenters. The first-order valence-corrected chi connectivity index (χ1v) is 7.49. The molecule has 18 heavy (non-hydrogen) atoms. The van der Waals surface area contributed by atoms with Gasteiger partial charge in [-0.2, -0.15) is 0 Å². The molecule has 0 aromatic heterocycles. The van der Waals surface area contributed by atoms with E-state index >= 15 is 0 Å². The minimum absolute atomic E-state index is 0.104. The number of aliphatic hydroxyl groups is 1. The first kappa shape index (κ1) is 14.7. The quantitative estimate of drug-likeness (QED) is 0.821. The van der Waals surface area contributed by atoms with Gasteiger partial charge < -0.3 is 10.4 Å². The van der Waals surface area contributed by atoms with Crippen molar-refractivity contribution < 1.29 is 18.3 Å². The lowest BCUT2D eigenvalue weighted by molar-refractivity contribution is 0.0914. The average Bonchev–Trinajstić information content (AvgIpc) is 2.34. The van der Waals surface area contributed by atoms with E-state index in [1.807, 2.05) is 6.92 Å². The average molecular weight is 271 g/mol. The highest BCUT2D eigenvalue weighted by Crippen LogP contribution is 2.11. The summed E-state index contributed by atoms with van der Waals surface area (Å²) >= 11 is 0. The standard InChI is InChI=1S/C12H17NO4S/c1-3-10(8-14)13-12(15)9-5-4-6-11(7-9)18(2,16)17/h4-7,10,14H,3,8H2,1-2H3,(H,13,15)/t10-/m0/s1. The van der Waals surface area contributed by atoms with Gasteiger partial charge in [-0.1, -0.05) is 13.0 Å². The molecule has 1 aromatic carbocycles. The number of sulfone groups is 1. The van der Waals surface area contributed by atoms with Crippen LogP contribution < -0.4 is 5.32 Å². The van der Waals surface area contributed by atoms with Crippen LogP contribution in [0.15, 0.2) is 29.2 Å². The summed E-state index contributed by atoms with van der Waals surface area (Å²) in [6, 6.07) is 5.50. The number of nitrogens with one attached hydrogen (secondary N) is 1. The predicted molar refractivity (Wildman–Crippen MR) is 68.2 cm³/mol. The van der Waals surface area contributed by atoms with Gasteiger partial charge in [0.05, 0.1) is 17.5 Å². The normalized spacial score (nSPS) is 13.1. The number of carbonyl (C=O) groups excluding carboxylic acids is 1. The maximum Gasteiger partial charge on any atom is 0.251 e.